The van der Waals surface area contributed by atoms with Crippen LogP contribution in [-0.2, 0) is 5.67 Å². The maximum absolute atomic E-state index is 14.5. The van der Waals surface area contributed by atoms with E-state index < -0.39 is 44.6 Å². The molecule has 0 aliphatic carbocycles. The van der Waals surface area contributed by atoms with Crippen molar-refractivity contribution < 1.29 is 26.7 Å². The van der Waals surface area contributed by atoms with Gasteiger partial charge in [-0.1, -0.05) is 47.5 Å². The Hall–Kier alpha value is -1.67. The summed E-state index contributed by atoms with van der Waals surface area (Å²) in [5.41, 5.74) is -3.38. The number of hydrogen-bond acceptors (Lipinski definition) is 2. The summed E-state index contributed by atoms with van der Waals surface area (Å²) in [5.74, 6) is -2.03. The van der Waals surface area contributed by atoms with Crippen LogP contribution in [0.4, 0.5) is 22.0 Å². The van der Waals surface area contributed by atoms with E-state index in [1.165, 1.54) is 28.7 Å². The molecule has 0 aromatic heterocycles. The van der Waals surface area contributed by atoms with Crippen LogP contribution in [0.25, 0.3) is 5.57 Å². The van der Waals surface area contributed by atoms with Crippen LogP contribution in [0.2, 0.25) is 10.0 Å². The van der Waals surface area contributed by atoms with Gasteiger partial charge in [0, 0.05) is 5.56 Å². The van der Waals surface area contributed by atoms with E-state index in [2.05, 4.69) is 0 Å². The van der Waals surface area contributed by atoms with Crippen LogP contribution >= 0.6 is 35.0 Å². The van der Waals surface area contributed by atoms with Crippen LogP contribution in [0.1, 0.15) is 21.5 Å². The van der Waals surface area contributed by atoms with Gasteiger partial charge in [-0.25, -0.2) is 13.2 Å². The standard InChI is InChI=1S/C19H11Cl3F5NO/c20-14-5-11(6-15(21)17(14)23)13(19(25,26)27)7-16(29)10-1-3-12(4-2-10)18(24)8-28(22)9-18/h1-7H,8-9H2/b13-7+. The summed E-state index contributed by atoms with van der Waals surface area (Å²) in [7, 11) is 0. The normalized spacial score (nSPS) is 17.2. The quantitative estimate of drug-likeness (QED) is 0.165. The number of carbonyl (C=O) groups excluding carboxylic acids is 1. The fraction of sp³-hybridized carbons (Fsp3) is 0.211. The molecule has 0 spiro atoms. The molecule has 1 aliphatic rings. The summed E-state index contributed by atoms with van der Waals surface area (Å²) in [6, 6.07) is 6.57. The van der Waals surface area contributed by atoms with Crippen molar-refractivity contribution in [3.63, 3.8) is 0 Å². The van der Waals surface area contributed by atoms with Gasteiger partial charge in [0.2, 0.25) is 0 Å². The second-order valence-electron chi connectivity index (χ2n) is 6.50. The van der Waals surface area contributed by atoms with Crippen molar-refractivity contribution in [1.82, 2.24) is 4.42 Å². The number of halogens is 8. The lowest BCUT2D eigenvalue weighted by atomic mass is 9.89. The van der Waals surface area contributed by atoms with Crippen LogP contribution in [0.15, 0.2) is 42.5 Å². The van der Waals surface area contributed by atoms with E-state index in [4.69, 9.17) is 35.0 Å². The van der Waals surface area contributed by atoms with Crippen molar-refractivity contribution in [3.8, 4) is 0 Å². The molecule has 0 N–H and O–H groups in total. The first-order valence-electron chi connectivity index (χ1n) is 8.09. The second-order valence-corrected chi connectivity index (χ2v) is 7.79. The molecular weight excluding hydrogens is 460 g/mol. The molecule has 0 unspecified atom stereocenters. The number of benzene rings is 2. The Labute approximate surface area is 177 Å². The average molecular weight is 471 g/mol. The van der Waals surface area contributed by atoms with Crippen molar-refractivity contribution in [2.45, 2.75) is 11.8 Å². The largest absolute Gasteiger partial charge is 0.417 e. The molecule has 1 aliphatic heterocycles. The Bertz CT molecular complexity index is 959. The van der Waals surface area contributed by atoms with E-state index in [-0.39, 0.29) is 24.2 Å². The van der Waals surface area contributed by atoms with E-state index in [0.29, 0.717) is 6.08 Å². The van der Waals surface area contributed by atoms with Crippen molar-refractivity contribution in [2.75, 3.05) is 13.1 Å². The Balaban J connectivity index is 1.93. The highest BCUT2D eigenvalue weighted by molar-refractivity contribution is 6.35. The highest BCUT2D eigenvalue weighted by Gasteiger charge is 2.44. The number of alkyl halides is 4. The third kappa shape index (κ3) is 4.58. The molecular formula is C19H11Cl3F5NO. The number of carbonyl (C=O) groups is 1. The van der Waals surface area contributed by atoms with E-state index in [1.54, 1.807) is 0 Å². The smallest absolute Gasteiger partial charge is 0.289 e. The SMILES string of the molecule is O=C(/C=C(\c1cc(Cl)c(F)c(Cl)c1)C(F)(F)F)c1ccc(C2(F)CN(Cl)C2)cc1. The Morgan fingerprint density at radius 3 is 2.00 bits per heavy atom. The van der Waals surface area contributed by atoms with Gasteiger partial charge < -0.3 is 0 Å². The molecule has 2 aromatic rings. The first-order valence-corrected chi connectivity index (χ1v) is 9.18. The summed E-state index contributed by atoms with van der Waals surface area (Å²) in [4.78, 5) is 12.4. The molecule has 0 saturated carbocycles. The van der Waals surface area contributed by atoms with Crippen molar-refractivity contribution in [3.05, 3.63) is 75.0 Å². The minimum absolute atomic E-state index is 0.0357. The highest BCUT2D eigenvalue weighted by Crippen LogP contribution is 2.39. The van der Waals surface area contributed by atoms with Gasteiger partial charge >= 0.3 is 6.18 Å². The summed E-state index contributed by atoms with van der Waals surface area (Å²) < 4.78 is 69.7. The summed E-state index contributed by atoms with van der Waals surface area (Å²) in [5, 5.41) is -1.22. The first-order chi connectivity index (χ1) is 13.4. The van der Waals surface area contributed by atoms with E-state index in [9.17, 15) is 26.7 Å². The summed E-state index contributed by atoms with van der Waals surface area (Å²) in [6.07, 6.45) is -4.57. The third-order valence-electron chi connectivity index (χ3n) is 4.41. The molecule has 2 nitrogen and oxygen atoms in total. The van der Waals surface area contributed by atoms with Crippen molar-refractivity contribution in [1.29, 1.82) is 0 Å². The molecule has 154 valence electrons. The molecule has 3 rings (SSSR count). The van der Waals surface area contributed by atoms with Gasteiger partial charge in [-0.2, -0.15) is 13.2 Å². The molecule has 1 saturated heterocycles. The Morgan fingerprint density at radius 1 is 1.03 bits per heavy atom. The van der Waals surface area contributed by atoms with E-state index in [1.807, 2.05) is 0 Å². The van der Waals surface area contributed by atoms with Crippen molar-refractivity contribution >= 4 is 46.3 Å². The molecule has 1 heterocycles. The lowest BCUT2D eigenvalue weighted by Crippen LogP contribution is -2.51. The monoisotopic (exact) mass is 469 g/mol. The van der Waals surface area contributed by atoms with Gasteiger partial charge in [0.15, 0.2) is 17.3 Å². The van der Waals surface area contributed by atoms with Crippen LogP contribution in [0, 0.1) is 5.82 Å². The fourth-order valence-corrected chi connectivity index (χ4v) is 3.73. The lowest BCUT2D eigenvalue weighted by Gasteiger charge is -2.40. The summed E-state index contributed by atoms with van der Waals surface area (Å²) in [6.45, 7) is -0.0713. The molecule has 10 heteroatoms. The number of nitrogens with zero attached hydrogens (tertiary/aromatic N) is 1. The molecule has 0 bridgehead atoms. The van der Waals surface area contributed by atoms with Gasteiger partial charge in [0.25, 0.3) is 0 Å². The molecule has 0 radical (unpaired) electrons. The van der Waals surface area contributed by atoms with Crippen LogP contribution in [0.3, 0.4) is 0 Å². The number of allylic oxidation sites excluding steroid dienone is 2. The Kier molecular flexibility index (Phi) is 5.98. The zero-order chi connectivity index (χ0) is 21.6. The van der Waals surface area contributed by atoms with Crippen LogP contribution in [0.5, 0.6) is 0 Å². The Morgan fingerprint density at radius 2 is 1.55 bits per heavy atom. The maximum atomic E-state index is 14.5. The first kappa shape index (κ1) is 22.0. The predicted molar refractivity (Wildman–Crippen MR) is 101 cm³/mol. The van der Waals surface area contributed by atoms with Crippen LogP contribution < -0.4 is 0 Å². The van der Waals surface area contributed by atoms with Gasteiger partial charge in [0.1, 0.15) is 0 Å². The maximum Gasteiger partial charge on any atom is 0.417 e. The number of ketones is 1. The average Bonchev–Trinajstić information content (AvgIpc) is 2.61. The third-order valence-corrected chi connectivity index (χ3v) is 5.20. The minimum atomic E-state index is -4.93. The zero-order valence-electron chi connectivity index (χ0n) is 14.3. The van der Waals surface area contributed by atoms with Crippen LogP contribution in [-0.4, -0.2) is 29.5 Å². The van der Waals surface area contributed by atoms with Gasteiger partial charge in [-0.05, 0) is 41.1 Å². The number of hydrogen-bond donors (Lipinski definition) is 0. The molecule has 2 aromatic carbocycles. The van der Waals surface area contributed by atoms with Gasteiger partial charge in [-0.3, -0.25) is 4.79 Å². The zero-order valence-corrected chi connectivity index (χ0v) is 16.6. The molecule has 0 amide bonds. The van der Waals surface area contributed by atoms with Crippen molar-refractivity contribution in [2.24, 2.45) is 0 Å². The molecule has 0 atom stereocenters. The summed E-state index contributed by atoms with van der Waals surface area (Å²) >= 11 is 16.8. The van der Waals surface area contributed by atoms with E-state index in [0.717, 1.165) is 12.1 Å². The lowest BCUT2D eigenvalue weighted by molar-refractivity contribution is -0.0689. The topological polar surface area (TPSA) is 20.3 Å². The molecule has 29 heavy (non-hydrogen) atoms. The number of rotatable bonds is 4. The van der Waals surface area contributed by atoms with Gasteiger partial charge in [0.05, 0.1) is 28.7 Å². The predicted octanol–water partition coefficient (Wildman–Crippen LogP) is 6.60. The fourth-order valence-electron chi connectivity index (χ4n) is 2.87. The highest BCUT2D eigenvalue weighted by atomic mass is 35.5. The van der Waals surface area contributed by atoms with Gasteiger partial charge in [-0.15, -0.1) is 0 Å². The second kappa shape index (κ2) is 7.87. The minimum Gasteiger partial charge on any atom is -0.289 e. The molecule has 1 fully saturated rings. The van der Waals surface area contributed by atoms with E-state index >= 15 is 0 Å².